The highest BCUT2D eigenvalue weighted by Gasteiger charge is 2.28. The van der Waals surface area contributed by atoms with Crippen molar-refractivity contribution in [3.8, 4) is 5.75 Å². The first-order valence-electron chi connectivity index (χ1n) is 8.58. The fourth-order valence-corrected chi connectivity index (χ4v) is 3.18. The molecule has 1 aromatic heterocycles. The van der Waals surface area contributed by atoms with E-state index in [1.165, 1.54) is 0 Å². The average molecular weight is 336 g/mol. The molecule has 0 atom stereocenters. The molecule has 25 heavy (non-hydrogen) atoms. The Morgan fingerprint density at radius 3 is 2.72 bits per heavy atom. The van der Waals surface area contributed by atoms with E-state index < -0.39 is 0 Å². The molecule has 1 fully saturated rings. The smallest absolute Gasteiger partial charge is 0.314 e. The summed E-state index contributed by atoms with van der Waals surface area (Å²) in [6, 6.07) is 15.9. The van der Waals surface area contributed by atoms with Crippen LogP contribution in [0.15, 0.2) is 52.9 Å². The number of para-hydroxylation sites is 2. The van der Waals surface area contributed by atoms with Gasteiger partial charge in [0, 0.05) is 13.1 Å². The molecule has 1 saturated heterocycles. The maximum Gasteiger partial charge on any atom is 0.314 e. The Hall–Kier alpha value is -2.82. The number of hydrogen-bond acceptors (Lipinski definition) is 5. The Morgan fingerprint density at radius 2 is 1.96 bits per heavy atom. The maximum atomic E-state index is 12.4. The first-order chi connectivity index (χ1) is 12.2. The number of carbonyl (C=O) groups is 1. The Kier molecular flexibility index (Phi) is 4.14. The summed E-state index contributed by atoms with van der Waals surface area (Å²) in [5.74, 6) is 0.385. The normalized spacial score (nSPS) is 15.5. The summed E-state index contributed by atoms with van der Waals surface area (Å²) in [5.41, 5.74) is 2.73. The number of benzene rings is 2. The van der Waals surface area contributed by atoms with Gasteiger partial charge in [-0.15, -0.1) is 0 Å². The van der Waals surface area contributed by atoms with Gasteiger partial charge in [-0.2, -0.15) is 4.98 Å². The highest BCUT2D eigenvalue weighted by atomic mass is 16.5. The molecule has 0 bridgehead atoms. The molecule has 2 heterocycles. The number of nitrogens with zero attached hydrogens (tertiary/aromatic N) is 2. The second-order valence-corrected chi connectivity index (χ2v) is 6.46. The molecular weight excluding hydrogens is 316 g/mol. The van der Waals surface area contributed by atoms with Gasteiger partial charge >= 0.3 is 5.97 Å². The first kappa shape index (κ1) is 15.7. The number of ether oxygens (including phenoxy) is 1. The Balaban J connectivity index is 1.38. The van der Waals surface area contributed by atoms with Crippen molar-refractivity contribution in [2.24, 2.45) is 5.92 Å². The van der Waals surface area contributed by atoms with Crippen LogP contribution < -0.4 is 9.64 Å². The fourth-order valence-electron chi connectivity index (χ4n) is 3.18. The zero-order chi connectivity index (χ0) is 17.2. The van der Waals surface area contributed by atoms with E-state index in [1.807, 2.05) is 55.5 Å². The lowest BCUT2D eigenvalue weighted by Gasteiger charge is -2.29. The third kappa shape index (κ3) is 3.36. The highest BCUT2D eigenvalue weighted by molar-refractivity contribution is 5.76. The molecule has 5 heteroatoms. The quantitative estimate of drug-likeness (QED) is 0.535. The van der Waals surface area contributed by atoms with Crippen LogP contribution in [0.2, 0.25) is 0 Å². The number of anilines is 1. The zero-order valence-electron chi connectivity index (χ0n) is 14.1. The van der Waals surface area contributed by atoms with E-state index in [1.54, 1.807) is 0 Å². The molecule has 0 amide bonds. The van der Waals surface area contributed by atoms with Gasteiger partial charge in [0.1, 0.15) is 11.3 Å². The molecule has 128 valence electrons. The number of aromatic nitrogens is 1. The van der Waals surface area contributed by atoms with Crippen molar-refractivity contribution >= 4 is 23.1 Å². The molecule has 0 radical (unpaired) electrons. The van der Waals surface area contributed by atoms with Crippen LogP contribution in [0, 0.1) is 12.8 Å². The molecule has 1 aliphatic rings. The van der Waals surface area contributed by atoms with Crippen molar-refractivity contribution < 1.29 is 13.9 Å². The van der Waals surface area contributed by atoms with Gasteiger partial charge in [-0.05, 0) is 49.6 Å². The second kappa shape index (κ2) is 6.59. The monoisotopic (exact) mass is 336 g/mol. The average Bonchev–Trinajstić information content (AvgIpc) is 3.06. The van der Waals surface area contributed by atoms with Crippen molar-refractivity contribution in [2.75, 3.05) is 18.0 Å². The summed E-state index contributed by atoms with van der Waals surface area (Å²) in [6.07, 6.45) is 1.48. The number of piperidine rings is 1. The van der Waals surface area contributed by atoms with Gasteiger partial charge in [0.05, 0.1) is 5.92 Å². The van der Waals surface area contributed by atoms with Gasteiger partial charge in [-0.1, -0.05) is 24.3 Å². The molecule has 3 aromatic rings. The third-order valence-electron chi connectivity index (χ3n) is 4.59. The standard InChI is InChI=1S/C20H20N2O3/c1-14-5-4-6-16(13-14)24-19(23)15-9-11-22(12-10-15)20-21-17-7-2-3-8-18(17)25-20/h2-8,13,15H,9-12H2,1H3. The Labute approximate surface area is 146 Å². The number of fused-ring (bicyclic) bond motifs is 1. The van der Waals surface area contributed by atoms with Crippen LogP contribution in [0.3, 0.4) is 0 Å². The van der Waals surface area contributed by atoms with Crippen LogP contribution >= 0.6 is 0 Å². The van der Waals surface area contributed by atoms with Crippen molar-refractivity contribution in [3.05, 3.63) is 54.1 Å². The van der Waals surface area contributed by atoms with Crippen LogP contribution in [0.25, 0.3) is 11.1 Å². The molecule has 0 spiro atoms. The lowest BCUT2D eigenvalue weighted by molar-refractivity contribution is -0.139. The molecule has 2 aromatic carbocycles. The molecular formula is C20H20N2O3. The van der Waals surface area contributed by atoms with Crippen molar-refractivity contribution in [2.45, 2.75) is 19.8 Å². The molecule has 1 aliphatic heterocycles. The second-order valence-electron chi connectivity index (χ2n) is 6.46. The summed E-state index contributed by atoms with van der Waals surface area (Å²) in [5, 5.41) is 0. The van der Waals surface area contributed by atoms with E-state index in [0.717, 1.165) is 42.6 Å². The van der Waals surface area contributed by atoms with Crippen LogP contribution in [-0.4, -0.2) is 24.0 Å². The number of hydrogen-bond donors (Lipinski definition) is 0. The number of aryl methyl sites for hydroxylation is 1. The molecule has 0 aliphatic carbocycles. The van der Waals surface area contributed by atoms with Gasteiger partial charge in [0.25, 0.3) is 6.01 Å². The predicted octanol–water partition coefficient (Wildman–Crippen LogP) is 3.96. The summed E-state index contributed by atoms with van der Waals surface area (Å²) in [7, 11) is 0. The van der Waals surface area contributed by atoms with Gasteiger partial charge in [-0.3, -0.25) is 4.79 Å². The minimum atomic E-state index is -0.150. The van der Waals surface area contributed by atoms with Gasteiger partial charge in [0.15, 0.2) is 5.58 Å². The Bertz CT molecular complexity index is 862. The highest BCUT2D eigenvalue weighted by Crippen LogP contribution is 2.27. The number of carbonyl (C=O) groups excluding carboxylic acids is 1. The zero-order valence-corrected chi connectivity index (χ0v) is 14.1. The predicted molar refractivity (Wildman–Crippen MR) is 95.8 cm³/mol. The maximum absolute atomic E-state index is 12.4. The van der Waals surface area contributed by atoms with Gasteiger partial charge in [0.2, 0.25) is 0 Å². The van der Waals surface area contributed by atoms with Crippen LogP contribution in [0.5, 0.6) is 5.75 Å². The van der Waals surface area contributed by atoms with Crippen molar-refractivity contribution in [1.29, 1.82) is 0 Å². The van der Waals surface area contributed by atoms with Crippen molar-refractivity contribution in [3.63, 3.8) is 0 Å². The lowest BCUT2D eigenvalue weighted by Crippen LogP contribution is -2.37. The van der Waals surface area contributed by atoms with E-state index in [9.17, 15) is 4.79 Å². The third-order valence-corrected chi connectivity index (χ3v) is 4.59. The summed E-state index contributed by atoms with van der Waals surface area (Å²) < 4.78 is 11.3. The minimum Gasteiger partial charge on any atom is -0.426 e. The summed E-state index contributed by atoms with van der Waals surface area (Å²) >= 11 is 0. The lowest BCUT2D eigenvalue weighted by atomic mass is 9.97. The Morgan fingerprint density at radius 1 is 1.16 bits per heavy atom. The number of esters is 1. The van der Waals surface area contributed by atoms with E-state index in [2.05, 4.69) is 9.88 Å². The summed E-state index contributed by atoms with van der Waals surface area (Å²) in [6.45, 7) is 3.46. The van der Waals surface area contributed by atoms with E-state index in [4.69, 9.17) is 9.15 Å². The van der Waals surface area contributed by atoms with E-state index in [0.29, 0.717) is 11.8 Å². The summed E-state index contributed by atoms with van der Waals surface area (Å²) in [4.78, 5) is 19.0. The molecule has 0 N–H and O–H groups in total. The van der Waals surface area contributed by atoms with Crippen LogP contribution in [0.1, 0.15) is 18.4 Å². The van der Waals surface area contributed by atoms with E-state index >= 15 is 0 Å². The van der Waals surface area contributed by atoms with Crippen LogP contribution in [0.4, 0.5) is 6.01 Å². The number of oxazole rings is 1. The van der Waals surface area contributed by atoms with Gasteiger partial charge in [-0.25, -0.2) is 0 Å². The topological polar surface area (TPSA) is 55.6 Å². The fraction of sp³-hybridized carbons (Fsp3) is 0.300. The van der Waals surface area contributed by atoms with Gasteiger partial charge < -0.3 is 14.1 Å². The minimum absolute atomic E-state index is 0.0823. The molecule has 5 nitrogen and oxygen atoms in total. The van der Waals surface area contributed by atoms with Crippen LogP contribution in [-0.2, 0) is 4.79 Å². The molecule has 0 unspecified atom stereocenters. The SMILES string of the molecule is Cc1cccc(OC(=O)C2CCN(c3nc4ccccc4o3)CC2)c1. The van der Waals surface area contributed by atoms with E-state index in [-0.39, 0.29) is 11.9 Å². The first-order valence-corrected chi connectivity index (χ1v) is 8.58. The van der Waals surface area contributed by atoms with Crippen molar-refractivity contribution in [1.82, 2.24) is 4.98 Å². The molecule has 4 rings (SSSR count). The molecule has 0 saturated carbocycles. The largest absolute Gasteiger partial charge is 0.426 e. The number of rotatable bonds is 3.